The Morgan fingerprint density at radius 2 is 0.949 bits per heavy atom. The van der Waals surface area contributed by atoms with Gasteiger partial charge in [-0.2, -0.15) is 0 Å². The van der Waals surface area contributed by atoms with E-state index in [1.807, 2.05) is 6.20 Å². The molecule has 9 aromatic rings. The molecule has 0 spiro atoms. The Bertz CT molecular complexity index is 3420. The topological polar surface area (TPSA) is 17.8 Å². The Morgan fingerprint density at radius 1 is 0.436 bits per heavy atom. The number of fused-ring (bicyclic) bond motifs is 9. The Morgan fingerprint density at radius 3 is 1.55 bits per heavy atom. The Hall–Kier alpha value is -6.51. The van der Waals surface area contributed by atoms with Crippen LogP contribution in [-0.2, 0) is 25.7 Å². The minimum Gasteiger partial charge on any atom is -0.309 e. The molecule has 0 bridgehead atoms. The van der Waals surface area contributed by atoms with Crippen molar-refractivity contribution in [2.75, 3.05) is 0 Å². The van der Waals surface area contributed by atoms with Crippen molar-refractivity contribution in [1.82, 2.24) is 9.55 Å². The minimum absolute atomic E-state index is 0.189. The molecule has 2 aromatic heterocycles. The van der Waals surface area contributed by atoms with Crippen molar-refractivity contribution in [3.63, 3.8) is 0 Å². The third kappa shape index (κ3) is 10.7. The maximum Gasteiger partial charge on any atom is 0.0541 e. The van der Waals surface area contributed by atoms with Gasteiger partial charge in [-0.25, -0.2) is 0 Å². The number of nitrogens with zero attached hydrogens (tertiary/aromatic N) is 2. The van der Waals surface area contributed by atoms with Gasteiger partial charge in [0.1, 0.15) is 0 Å². The molecule has 2 aliphatic rings. The summed E-state index contributed by atoms with van der Waals surface area (Å²) in [7, 11) is 0. The van der Waals surface area contributed by atoms with Crippen molar-refractivity contribution >= 4 is 21.8 Å². The van der Waals surface area contributed by atoms with E-state index < -0.39 is 0 Å². The van der Waals surface area contributed by atoms with Crippen molar-refractivity contribution in [2.24, 2.45) is 17.8 Å². The van der Waals surface area contributed by atoms with Crippen LogP contribution in [0.1, 0.15) is 193 Å². The van der Waals surface area contributed by atoms with Crippen LogP contribution in [0.2, 0.25) is 0 Å². The fourth-order valence-corrected chi connectivity index (χ4v) is 14.3. The lowest BCUT2D eigenvalue weighted by Crippen LogP contribution is -2.18. The van der Waals surface area contributed by atoms with Crippen molar-refractivity contribution in [2.45, 2.75) is 169 Å². The molecule has 11 rings (SSSR count). The fraction of sp³-hybridized carbons (Fsp3) is 0.382. The third-order valence-corrected chi connectivity index (χ3v) is 19.0. The first-order chi connectivity index (χ1) is 38.3. The lowest BCUT2D eigenvalue weighted by molar-refractivity contribution is 0.449. The SMILES string of the molecule is CCCCC(CC)Cc1ccc(CC2c3ccc(-c4ccccc4C4c5ccccc5-c5cc(-n6c7ccc(CC(CC)CCCC)cc7c7cc(CC(CC)CCCC)ccc76)ccc5C4C)cc3-c3ccncc32)cc1. The highest BCUT2D eigenvalue weighted by Gasteiger charge is 2.35. The van der Waals surface area contributed by atoms with Crippen LogP contribution in [0.25, 0.3) is 60.9 Å². The second-order valence-corrected chi connectivity index (χ2v) is 24.0. The van der Waals surface area contributed by atoms with Crippen molar-refractivity contribution in [3.05, 3.63) is 214 Å². The molecule has 7 aromatic carbocycles. The average Bonchev–Trinajstić information content (AvgIpc) is 4.13. The summed E-state index contributed by atoms with van der Waals surface area (Å²) < 4.78 is 2.58. The molecule has 0 aliphatic heterocycles. The third-order valence-electron chi connectivity index (χ3n) is 19.0. The molecule has 0 saturated heterocycles. The highest BCUT2D eigenvalue weighted by atomic mass is 15.0. The summed E-state index contributed by atoms with van der Waals surface area (Å²) in [4.78, 5) is 4.70. The summed E-state index contributed by atoms with van der Waals surface area (Å²) in [6, 6.07) is 60.1. The van der Waals surface area contributed by atoms with Crippen molar-refractivity contribution in [3.8, 4) is 39.1 Å². The zero-order chi connectivity index (χ0) is 53.7. The van der Waals surface area contributed by atoms with E-state index in [-0.39, 0.29) is 17.8 Å². The van der Waals surface area contributed by atoms with Crippen LogP contribution in [0.4, 0.5) is 0 Å². The van der Waals surface area contributed by atoms with Crippen LogP contribution in [-0.4, -0.2) is 9.55 Å². The maximum absolute atomic E-state index is 4.70. The predicted molar refractivity (Wildman–Crippen MR) is 335 cm³/mol. The van der Waals surface area contributed by atoms with Crippen molar-refractivity contribution in [1.29, 1.82) is 0 Å². The highest BCUT2D eigenvalue weighted by Crippen LogP contribution is 2.53. The normalized spacial score (nSPS) is 16.7. The first-order valence-corrected chi connectivity index (χ1v) is 30.9. The van der Waals surface area contributed by atoms with E-state index in [0.29, 0.717) is 0 Å². The minimum atomic E-state index is 0.189. The Balaban J connectivity index is 0.932. The fourth-order valence-electron chi connectivity index (χ4n) is 14.3. The van der Waals surface area contributed by atoms with Crippen LogP contribution in [0.5, 0.6) is 0 Å². The molecule has 2 heterocycles. The molecule has 2 aliphatic carbocycles. The van der Waals surface area contributed by atoms with E-state index in [1.165, 1.54) is 194 Å². The monoisotopic (exact) mass is 1030 g/mol. The Labute approximate surface area is 468 Å². The van der Waals surface area contributed by atoms with Crippen LogP contribution in [0.15, 0.2) is 164 Å². The lowest BCUT2D eigenvalue weighted by Gasteiger charge is -2.35. The molecule has 0 fully saturated rings. The number of hydrogen-bond donors (Lipinski definition) is 0. The second-order valence-electron chi connectivity index (χ2n) is 24.0. The highest BCUT2D eigenvalue weighted by molar-refractivity contribution is 6.10. The number of benzene rings is 7. The van der Waals surface area contributed by atoms with Gasteiger partial charge in [0.2, 0.25) is 0 Å². The smallest absolute Gasteiger partial charge is 0.0541 e. The van der Waals surface area contributed by atoms with E-state index in [1.54, 1.807) is 0 Å². The average molecular weight is 1030 g/mol. The van der Waals surface area contributed by atoms with Gasteiger partial charge in [-0.3, -0.25) is 4.98 Å². The largest absolute Gasteiger partial charge is 0.309 e. The van der Waals surface area contributed by atoms with Gasteiger partial charge < -0.3 is 4.57 Å². The molecular formula is C76H86N2. The molecule has 0 amide bonds. The molecule has 0 radical (unpaired) electrons. The molecule has 0 N–H and O–H groups in total. The van der Waals surface area contributed by atoms with Crippen LogP contribution >= 0.6 is 0 Å². The molecule has 400 valence electrons. The van der Waals surface area contributed by atoms with Gasteiger partial charge in [0.25, 0.3) is 0 Å². The quantitative estimate of drug-likeness (QED) is 0.0624. The second kappa shape index (κ2) is 24.2. The number of aromatic nitrogens is 2. The summed E-state index contributed by atoms with van der Waals surface area (Å²) in [5.74, 6) is 2.95. The Kier molecular flexibility index (Phi) is 16.6. The molecule has 6 atom stereocenters. The van der Waals surface area contributed by atoms with Crippen LogP contribution in [0.3, 0.4) is 0 Å². The number of pyridine rings is 1. The molecule has 0 saturated carbocycles. The number of rotatable bonds is 23. The van der Waals surface area contributed by atoms with Crippen LogP contribution in [0, 0.1) is 17.8 Å². The summed E-state index contributed by atoms with van der Waals surface area (Å²) in [6.07, 6.45) is 24.0. The van der Waals surface area contributed by atoms with Crippen molar-refractivity contribution < 1.29 is 0 Å². The van der Waals surface area contributed by atoms with Gasteiger partial charge >= 0.3 is 0 Å². The van der Waals surface area contributed by atoms with Gasteiger partial charge in [-0.05, 0) is 181 Å². The summed E-state index contributed by atoms with van der Waals surface area (Å²) in [5.41, 5.74) is 24.7. The van der Waals surface area contributed by atoms with Gasteiger partial charge in [0, 0.05) is 40.7 Å². The molecule has 6 unspecified atom stereocenters. The zero-order valence-corrected chi connectivity index (χ0v) is 48.3. The van der Waals surface area contributed by atoms with E-state index in [0.717, 1.165) is 37.0 Å². The first-order valence-electron chi connectivity index (χ1n) is 30.9. The summed E-state index contributed by atoms with van der Waals surface area (Å²) in [6.45, 7) is 16.6. The molecule has 2 nitrogen and oxygen atoms in total. The van der Waals surface area contributed by atoms with Gasteiger partial charge in [0.05, 0.1) is 11.0 Å². The standard InChI is InChI=1S/C76H86N2/c1-8-14-21-52(11-4)42-55-28-30-56(31-29-55)45-68-64-36-34-59(48-69(64)65-40-41-77-50-73(65)68)62-24-17-19-26-66(62)76-51(7)61-37-35-60(49-70(61)63-25-18-20-27-67(63)76)78-74-38-32-57(43-53(12-5)22-15-9-2)46-71(74)72-47-58(33-39-75(72)78)44-54(13-6)23-16-10-3/h17-20,24-41,46-54,68,76H,8-16,21-23,42-45H2,1-7H3. The van der Waals surface area contributed by atoms with E-state index >= 15 is 0 Å². The van der Waals surface area contributed by atoms with Crippen LogP contribution < -0.4 is 0 Å². The van der Waals surface area contributed by atoms with E-state index in [9.17, 15) is 0 Å². The number of hydrogen-bond acceptors (Lipinski definition) is 1. The molecular weight excluding hydrogens is 941 g/mol. The summed E-state index contributed by atoms with van der Waals surface area (Å²) >= 11 is 0. The zero-order valence-electron chi connectivity index (χ0n) is 48.3. The molecule has 78 heavy (non-hydrogen) atoms. The lowest BCUT2D eigenvalue weighted by atomic mass is 9.68. The van der Waals surface area contributed by atoms with Gasteiger partial charge in [-0.15, -0.1) is 0 Å². The van der Waals surface area contributed by atoms with Gasteiger partial charge in [0.15, 0.2) is 0 Å². The van der Waals surface area contributed by atoms with Gasteiger partial charge in [-0.1, -0.05) is 229 Å². The predicted octanol–water partition coefficient (Wildman–Crippen LogP) is 21.4. The number of unbranched alkanes of at least 4 members (excludes halogenated alkanes) is 3. The van der Waals surface area contributed by atoms with E-state index in [4.69, 9.17) is 4.98 Å². The first kappa shape index (κ1) is 53.5. The molecule has 2 heteroatoms. The summed E-state index contributed by atoms with van der Waals surface area (Å²) in [5, 5.41) is 2.79. The van der Waals surface area contributed by atoms with E-state index in [2.05, 4.69) is 211 Å². The maximum atomic E-state index is 4.70.